The van der Waals surface area contributed by atoms with E-state index in [9.17, 15) is 0 Å². The molecule has 0 unspecified atom stereocenters. The summed E-state index contributed by atoms with van der Waals surface area (Å²) >= 11 is 7.56. The minimum absolute atomic E-state index is 0.864. The molecule has 0 spiro atoms. The minimum atomic E-state index is 0.864. The van der Waals surface area contributed by atoms with E-state index < -0.39 is 0 Å². The Hall–Kier alpha value is -0.730. The van der Waals surface area contributed by atoms with E-state index >= 15 is 0 Å². The fourth-order valence-electron chi connectivity index (χ4n) is 1.70. The summed E-state index contributed by atoms with van der Waals surface area (Å²) in [6.07, 6.45) is 2.21. The Bertz CT molecular complexity index is 482. The fraction of sp³-hybridized carbons (Fsp3) is 0.333. The highest BCUT2D eigenvalue weighted by molar-refractivity contribution is 7.16. The van der Waals surface area contributed by atoms with Gasteiger partial charge in [0.05, 0.1) is 10.9 Å². The smallest absolute Gasteiger partial charge is 0.0931 e. The molecule has 2 aromatic heterocycles. The number of nitrogens with zero attached hydrogens (tertiary/aromatic N) is 1. The monoisotopic (exact) mass is 239 g/mol. The molecule has 1 nitrogen and oxygen atoms in total. The molecule has 0 aliphatic rings. The molecule has 2 aromatic rings. The minimum Gasteiger partial charge on any atom is -0.346 e. The van der Waals surface area contributed by atoms with Gasteiger partial charge in [-0.05, 0) is 44.0 Å². The van der Waals surface area contributed by atoms with Crippen LogP contribution in [0.4, 0.5) is 0 Å². The first-order chi connectivity index (χ1) is 7.08. The van der Waals surface area contributed by atoms with Crippen LogP contribution in [0.2, 0.25) is 4.34 Å². The maximum absolute atomic E-state index is 5.91. The maximum atomic E-state index is 5.91. The Kier molecular flexibility index (Phi) is 2.89. The first-order valence-electron chi connectivity index (χ1n) is 4.95. The molecule has 80 valence electrons. The van der Waals surface area contributed by atoms with Gasteiger partial charge in [-0.2, -0.15) is 0 Å². The number of thiophene rings is 1. The third kappa shape index (κ3) is 2.11. The van der Waals surface area contributed by atoms with Crippen LogP contribution < -0.4 is 0 Å². The molecule has 0 saturated heterocycles. The van der Waals surface area contributed by atoms with Gasteiger partial charge in [-0.3, -0.25) is 0 Å². The summed E-state index contributed by atoms with van der Waals surface area (Å²) in [7, 11) is 0. The molecular weight excluding hydrogens is 226 g/mol. The summed E-state index contributed by atoms with van der Waals surface area (Å²) in [5, 5.41) is 0. The van der Waals surface area contributed by atoms with E-state index in [2.05, 4.69) is 37.6 Å². The normalized spacial score (nSPS) is 10.9. The van der Waals surface area contributed by atoms with Crippen molar-refractivity contribution in [2.24, 2.45) is 0 Å². The molecule has 0 radical (unpaired) electrons. The van der Waals surface area contributed by atoms with E-state index in [1.165, 1.54) is 21.7 Å². The van der Waals surface area contributed by atoms with E-state index in [-0.39, 0.29) is 0 Å². The molecule has 0 N–H and O–H groups in total. The summed E-state index contributed by atoms with van der Waals surface area (Å²) in [5.74, 6) is 0. The van der Waals surface area contributed by atoms with Crippen LogP contribution in [0.3, 0.4) is 0 Å². The van der Waals surface area contributed by atoms with E-state index in [1.807, 2.05) is 6.07 Å². The van der Waals surface area contributed by atoms with Crippen LogP contribution in [-0.4, -0.2) is 4.57 Å². The van der Waals surface area contributed by atoms with Gasteiger partial charge in [-0.1, -0.05) is 11.6 Å². The Morgan fingerprint density at radius 2 is 2.00 bits per heavy atom. The van der Waals surface area contributed by atoms with Gasteiger partial charge < -0.3 is 4.57 Å². The number of rotatable bonds is 2. The van der Waals surface area contributed by atoms with Crippen molar-refractivity contribution >= 4 is 22.9 Å². The molecule has 2 heterocycles. The van der Waals surface area contributed by atoms with Crippen LogP contribution in [0, 0.1) is 20.8 Å². The number of hydrogen-bond acceptors (Lipinski definition) is 1. The van der Waals surface area contributed by atoms with Gasteiger partial charge in [0.2, 0.25) is 0 Å². The Balaban J connectivity index is 2.28. The topological polar surface area (TPSA) is 4.93 Å². The van der Waals surface area contributed by atoms with E-state index in [0.717, 1.165) is 10.9 Å². The van der Waals surface area contributed by atoms with Crippen LogP contribution in [0.1, 0.15) is 21.7 Å². The Morgan fingerprint density at radius 1 is 1.27 bits per heavy atom. The highest BCUT2D eigenvalue weighted by Crippen LogP contribution is 2.24. The SMILES string of the molecule is Cc1cn(Cc2ccc(Cl)s2)c(C)c1C. The fourth-order valence-corrected chi connectivity index (χ4v) is 2.78. The average molecular weight is 240 g/mol. The lowest BCUT2D eigenvalue weighted by atomic mass is 10.2. The van der Waals surface area contributed by atoms with Crippen LogP contribution >= 0.6 is 22.9 Å². The lowest BCUT2D eigenvalue weighted by Gasteiger charge is -2.03. The van der Waals surface area contributed by atoms with Crippen LogP contribution in [-0.2, 0) is 6.54 Å². The molecule has 0 fully saturated rings. The Morgan fingerprint density at radius 3 is 2.47 bits per heavy atom. The molecule has 0 saturated carbocycles. The second-order valence-corrected chi connectivity index (χ2v) is 5.66. The third-order valence-corrected chi connectivity index (χ3v) is 4.09. The molecule has 15 heavy (non-hydrogen) atoms. The van der Waals surface area contributed by atoms with Crippen LogP contribution in [0.15, 0.2) is 18.3 Å². The first-order valence-corrected chi connectivity index (χ1v) is 6.14. The van der Waals surface area contributed by atoms with E-state index in [1.54, 1.807) is 11.3 Å². The van der Waals surface area contributed by atoms with Gasteiger partial charge in [0, 0.05) is 16.8 Å². The summed E-state index contributed by atoms with van der Waals surface area (Å²) < 4.78 is 3.15. The third-order valence-electron chi connectivity index (χ3n) is 2.87. The van der Waals surface area contributed by atoms with Crippen molar-refractivity contribution in [1.29, 1.82) is 0 Å². The van der Waals surface area contributed by atoms with E-state index in [4.69, 9.17) is 11.6 Å². The zero-order chi connectivity index (χ0) is 11.0. The second-order valence-electron chi connectivity index (χ2n) is 3.86. The highest BCUT2D eigenvalue weighted by atomic mass is 35.5. The number of halogens is 1. The number of aryl methyl sites for hydroxylation is 1. The van der Waals surface area contributed by atoms with E-state index in [0.29, 0.717) is 0 Å². The van der Waals surface area contributed by atoms with Crippen molar-refractivity contribution in [2.75, 3.05) is 0 Å². The lowest BCUT2D eigenvalue weighted by molar-refractivity contribution is 0.783. The van der Waals surface area contributed by atoms with Crippen molar-refractivity contribution in [3.05, 3.63) is 44.4 Å². The summed E-state index contributed by atoms with van der Waals surface area (Å²) in [4.78, 5) is 1.30. The highest BCUT2D eigenvalue weighted by Gasteiger charge is 2.06. The number of hydrogen-bond donors (Lipinski definition) is 0. The van der Waals surface area contributed by atoms with Crippen molar-refractivity contribution in [3.63, 3.8) is 0 Å². The summed E-state index contributed by atoms with van der Waals surface area (Å²) in [6.45, 7) is 7.41. The predicted molar refractivity (Wildman–Crippen MR) is 67.1 cm³/mol. The van der Waals surface area contributed by atoms with Crippen LogP contribution in [0.5, 0.6) is 0 Å². The molecule has 2 rings (SSSR count). The van der Waals surface area contributed by atoms with Gasteiger partial charge in [-0.15, -0.1) is 11.3 Å². The van der Waals surface area contributed by atoms with Crippen molar-refractivity contribution in [3.8, 4) is 0 Å². The molecule has 3 heteroatoms. The zero-order valence-corrected chi connectivity index (χ0v) is 10.7. The first kappa shape index (κ1) is 10.8. The maximum Gasteiger partial charge on any atom is 0.0931 e. The molecule has 0 bridgehead atoms. The molecule has 0 amide bonds. The standard InChI is InChI=1S/C12H14ClNS/c1-8-6-14(10(3)9(8)2)7-11-4-5-12(13)15-11/h4-6H,7H2,1-3H3. The van der Waals surface area contributed by atoms with Gasteiger partial charge >= 0.3 is 0 Å². The van der Waals surface area contributed by atoms with Gasteiger partial charge in [0.15, 0.2) is 0 Å². The number of aromatic nitrogens is 1. The predicted octanol–water partition coefficient (Wildman–Crippen LogP) is 4.18. The van der Waals surface area contributed by atoms with Gasteiger partial charge in [0.1, 0.15) is 0 Å². The van der Waals surface area contributed by atoms with Crippen molar-refractivity contribution < 1.29 is 0 Å². The van der Waals surface area contributed by atoms with Gasteiger partial charge in [-0.25, -0.2) is 0 Å². The van der Waals surface area contributed by atoms with Crippen molar-refractivity contribution in [2.45, 2.75) is 27.3 Å². The second kappa shape index (κ2) is 4.03. The molecule has 0 aliphatic carbocycles. The largest absolute Gasteiger partial charge is 0.346 e. The van der Waals surface area contributed by atoms with Gasteiger partial charge in [0.25, 0.3) is 0 Å². The quantitative estimate of drug-likeness (QED) is 0.741. The average Bonchev–Trinajstić information content (AvgIpc) is 2.68. The van der Waals surface area contributed by atoms with Crippen LogP contribution in [0.25, 0.3) is 0 Å². The van der Waals surface area contributed by atoms with Crippen molar-refractivity contribution in [1.82, 2.24) is 4.57 Å². The summed E-state index contributed by atoms with van der Waals surface area (Å²) in [5.41, 5.74) is 4.09. The Labute approximate surface area is 99.3 Å². The zero-order valence-electron chi connectivity index (χ0n) is 9.17. The summed E-state index contributed by atoms with van der Waals surface area (Å²) in [6, 6.07) is 4.05. The molecule has 0 aliphatic heterocycles. The lowest BCUT2D eigenvalue weighted by Crippen LogP contribution is -1.98. The molecule has 0 atom stereocenters. The molecular formula is C12H14ClNS. The molecule has 0 aromatic carbocycles.